The second-order valence-electron chi connectivity index (χ2n) is 5.08. The number of hydrogen-bond donors (Lipinski definition) is 1. The van der Waals surface area contributed by atoms with Crippen LogP contribution < -0.4 is 4.74 Å². The van der Waals surface area contributed by atoms with Gasteiger partial charge in [-0.25, -0.2) is 0 Å². The van der Waals surface area contributed by atoms with Crippen LogP contribution in [0.1, 0.15) is 30.9 Å². The largest absolute Gasteiger partial charge is 0.492 e. The normalized spacial score (nSPS) is 16.8. The third kappa shape index (κ3) is 3.70. The van der Waals surface area contributed by atoms with E-state index in [-0.39, 0.29) is 0 Å². The molecule has 1 saturated heterocycles. The Morgan fingerprint density at radius 1 is 1.37 bits per heavy atom. The van der Waals surface area contributed by atoms with Crippen molar-refractivity contribution in [2.45, 2.75) is 26.7 Å². The van der Waals surface area contributed by atoms with Gasteiger partial charge in [-0.2, -0.15) is 0 Å². The fraction of sp³-hybridized carbons (Fsp3) is 0.533. The van der Waals surface area contributed by atoms with Gasteiger partial charge in [-0.3, -0.25) is 4.90 Å². The third-order valence-electron chi connectivity index (χ3n) is 3.54. The average Bonchev–Trinajstić information content (AvgIpc) is 2.92. The number of nitrogens with zero attached hydrogens (tertiary/aromatic N) is 2. The zero-order valence-corrected chi connectivity index (χ0v) is 11.7. The molecule has 0 spiro atoms. The second kappa shape index (κ2) is 6.57. The van der Waals surface area contributed by atoms with Crippen LogP contribution in [0.15, 0.2) is 23.4 Å². The smallest absolute Gasteiger partial charge is 0.128 e. The van der Waals surface area contributed by atoms with Gasteiger partial charge in [0.1, 0.15) is 12.4 Å². The lowest BCUT2D eigenvalue weighted by Crippen LogP contribution is -2.25. The van der Waals surface area contributed by atoms with Gasteiger partial charge < -0.3 is 9.94 Å². The van der Waals surface area contributed by atoms with Crippen molar-refractivity contribution >= 4 is 5.71 Å². The molecule has 0 radical (unpaired) electrons. The van der Waals surface area contributed by atoms with E-state index in [1.54, 1.807) is 6.92 Å². The Balaban J connectivity index is 1.98. The molecule has 0 unspecified atom stereocenters. The van der Waals surface area contributed by atoms with Crippen LogP contribution in [0.4, 0.5) is 0 Å². The van der Waals surface area contributed by atoms with Gasteiger partial charge in [0.15, 0.2) is 0 Å². The molecule has 1 aromatic carbocycles. The highest BCUT2D eigenvalue weighted by Gasteiger charge is 2.12. The summed E-state index contributed by atoms with van der Waals surface area (Å²) in [7, 11) is 0. The maximum absolute atomic E-state index is 8.93. The molecule has 4 heteroatoms. The van der Waals surface area contributed by atoms with Crippen LogP contribution in [-0.4, -0.2) is 42.1 Å². The first-order chi connectivity index (χ1) is 9.20. The van der Waals surface area contributed by atoms with Gasteiger partial charge in [-0.05, 0) is 51.9 Å². The Morgan fingerprint density at radius 2 is 2.11 bits per heavy atom. The van der Waals surface area contributed by atoms with Gasteiger partial charge in [-0.15, -0.1) is 0 Å². The minimum atomic E-state index is 0.583. The summed E-state index contributed by atoms with van der Waals surface area (Å²) in [4.78, 5) is 2.42. The molecule has 1 aliphatic heterocycles. The molecule has 104 valence electrons. The topological polar surface area (TPSA) is 45.1 Å². The minimum absolute atomic E-state index is 0.583. The van der Waals surface area contributed by atoms with Crippen molar-refractivity contribution in [2.75, 3.05) is 26.2 Å². The number of aryl methyl sites for hydroxylation is 1. The summed E-state index contributed by atoms with van der Waals surface area (Å²) >= 11 is 0. The van der Waals surface area contributed by atoms with E-state index < -0.39 is 0 Å². The quantitative estimate of drug-likeness (QED) is 0.504. The predicted molar refractivity (Wildman–Crippen MR) is 76.3 cm³/mol. The van der Waals surface area contributed by atoms with Gasteiger partial charge in [0.25, 0.3) is 0 Å². The van der Waals surface area contributed by atoms with Crippen molar-refractivity contribution in [1.82, 2.24) is 4.90 Å². The van der Waals surface area contributed by atoms with Crippen LogP contribution in [0.3, 0.4) is 0 Å². The molecule has 0 aliphatic carbocycles. The van der Waals surface area contributed by atoms with E-state index in [0.29, 0.717) is 12.3 Å². The Kier molecular flexibility index (Phi) is 4.80. The number of rotatable bonds is 5. The first-order valence-corrected chi connectivity index (χ1v) is 6.85. The van der Waals surface area contributed by atoms with Crippen LogP contribution in [0, 0.1) is 6.92 Å². The van der Waals surface area contributed by atoms with Gasteiger partial charge in [0.05, 0.1) is 5.71 Å². The lowest BCUT2D eigenvalue weighted by molar-refractivity contribution is 0.237. The Hall–Kier alpha value is -1.55. The summed E-state index contributed by atoms with van der Waals surface area (Å²) in [6.07, 6.45) is 2.60. The van der Waals surface area contributed by atoms with E-state index in [1.165, 1.54) is 25.9 Å². The summed E-state index contributed by atoms with van der Waals surface area (Å²) in [5, 5.41) is 12.2. The summed E-state index contributed by atoms with van der Waals surface area (Å²) in [6.45, 7) is 7.80. The SMILES string of the molecule is C/C(=N/O)c1cc(C)ccc1OCCN1CCCC1. The van der Waals surface area contributed by atoms with Crippen LogP contribution in [0.2, 0.25) is 0 Å². The van der Waals surface area contributed by atoms with Gasteiger partial charge in [-0.1, -0.05) is 16.8 Å². The molecule has 0 amide bonds. The molecule has 1 aliphatic rings. The molecule has 1 fully saturated rings. The number of hydrogen-bond acceptors (Lipinski definition) is 4. The molecular formula is C15H22N2O2. The number of ether oxygens (including phenoxy) is 1. The van der Waals surface area contributed by atoms with E-state index in [0.717, 1.165) is 23.4 Å². The Morgan fingerprint density at radius 3 is 2.79 bits per heavy atom. The lowest BCUT2D eigenvalue weighted by atomic mass is 10.1. The standard InChI is InChI=1S/C15H22N2O2/c1-12-5-6-15(14(11-12)13(2)16-18)19-10-9-17-7-3-4-8-17/h5-6,11,18H,3-4,7-10H2,1-2H3/b16-13-. The highest BCUT2D eigenvalue weighted by atomic mass is 16.5. The molecule has 4 nitrogen and oxygen atoms in total. The molecule has 1 N–H and O–H groups in total. The Bertz CT molecular complexity index is 451. The van der Waals surface area contributed by atoms with Crippen LogP contribution in [0.25, 0.3) is 0 Å². The average molecular weight is 262 g/mol. The van der Waals surface area contributed by atoms with Crippen molar-refractivity contribution in [3.8, 4) is 5.75 Å². The monoisotopic (exact) mass is 262 g/mol. The van der Waals surface area contributed by atoms with Crippen molar-refractivity contribution in [3.63, 3.8) is 0 Å². The fourth-order valence-electron chi connectivity index (χ4n) is 2.40. The maximum atomic E-state index is 8.93. The number of likely N-dealkylation sites (tertiary alicyclic amines) is 1. The minimum Gasteiger partial charge on any atom is -0.492 e. The van der Waals surface area contributed by atoms with Crippen LogP contribution in [0.5, 0.6) is 5.75 Å². The molecular weight excluding hydrogens is 240 g/mol. The van der Waals surface area contributed by atoms with Gasteiger partial charge >= 0.3 is 0 Å². The second-order valence-corrected chi connectivity index (χ2v) is 5.08. The molecule has 0 atom stereocenters. The Labute approximate surface area is 114 Å². The number of oxime groups is 1. The van der Waals surface area contributed by atoms with Crippen LogP contribution >= 0.6 is 0 Å². The molecule has 1 aromatic rings. The first kappa shape index (κ1) is 13.9. The zero-order chi connectivity index (χ0) is 13.7. The molecule has 0 bridgehead atoms. The molecule has 1 heterocycles. The van der Waals surface area contributed by atoms with E-state index in [1.807, 2.05) is 25.1 Å². The fourth-order valence-corrected chi connectivity index (χ4v) is 2.40. The van der Waals surface area contributed by atoms with Crippen molar-refractivity contribution in [1.29, 1.82) is 0 Å². The molecule has 0 aromatic heterocycles. The molecule has 0 saturated carbocycles. The van der Waals surface area contributed by atoms with Crippen molar-refractivity contribution in [2.24, 2.45) is 5.16 Å². The summed E-state index contributed by atoms with van der Waals surface area (Å²) in [5.74, 6) is 0.792. The molecule has 2 rings (SSSR count). The van der Waals surface area contributed by atoms with Gasteiger partial charge in [0, 0.05) is 12.1 Å². The number of benzene rings is 1. The summed E-state index contributed by atoms with van der Waals surface area (Å²) in [5.41, 5.74) is 2.58. The summed E-state index contributed by atoms with van der Waals surface area (Å²) < 4.78 is 5.84. The predicted octanol–water partition coefficient (Wildman–Crippen LogP) is 2.67. The van der Waals surface area contributed by atoms with Crippen molar-refractivity contribution < 1.29 is 9.94 Å². The van der Waals surface area contributed by atoms with E-state index in [2.05, 4.69) is 10.1 Å². The third-order valence-corrected chi connectivity index (χ3v) is 3.54. The molecule has 19 heavy (non-hydrogen) atoms. The zero-order valence-electron chi connectivity index (χ0n) is 11.7. The highest BCUT2D eigenvalue weighted by molar-refractivity contribution is 6.00. The highest BCUT2D eigenvalue weighted by Crippen LogP contribution is 2.21. The lowest BCUT2D eigenvalue weighted by Gasteiger charge is -2.16. The van der Waals surface area contributed by atoms with E-state index >= 15 is 0 Å². The summed E-state index contributed by atoms with van der Waals surface area (Å²) in [6, 6.07) is 5.95. The van der Waals surface area contributed by atoms with Crippen LogP contribution in [-0.2, 0) is 0 Å². The van der Waals surface area contributed by atoms with Gasteiger partial charge in [0.2, 0.25) is 0 Å². The van der Waals surface area contributed by atoms with E-state index in [4.69, 9.17) is 9.94 Å². The van der Waals surface area contributed by atoms with E-state index in [9.17, 15) is 0 Å². The van der Waals surface area contributed by atoms with Crippen molar-refractivity contribution in [3.05, 3.63) is 29.3 Å². The maximum Gasteiger partial charge on any atom is 0.128 e. The first-order valence-electron chi connectivity index (χ1n) is 6.85.